The number of thiophene rings is 1. The smallest absolute Gasteiger partial charge is 0.264 e. The average Bonchev–Trinajstić information content (AvgIpc) is 3.60. The standard InChI is InChI=1S/C58H73BN2S/c1-34-28-45-48-46(29-34)61(43-21-18-36(30-35(43)2)52(3,4)5)49-47-50(58(16,17)27-26-57(47,14)15)62-51(49)59(48)42-32-40-41(56(12,13)25-24-55(40,10)11)33-44(42)60(45)37-19-20-38-39(31-37)54(8,9)23-22-53(38,6)7/h18-21,28-33H,22-27H2,1-17H3. The molecule has 0 atom stereocenters. The predicted molar refractivity (Wildman–Crippen MR) is 272 cm³/mol. The largest absolute Gasteiger partial charge is 0.311 e. The fourth-order valence-electron chi connectivity index (χ4n) is 12.6. The fourth-order valence-corrected chi connectivity index (χ4v) is 14.3. The number of hydrogen-bond acceptors (Lipinski definition) is 3. The van der Waals surface area contributed by atoms with E-state index in [0.717, 1.165) is 0 Å². The van der Waals surface area contributed by atoms with Gasteiger partial charge in [0.05, 0.1) is 5.69 Å². The number of hydrogen-bond donors (Lipinski definition) is 0. The van der Waals surface area contributed by atoms with Crippen molar-refractivity contribution in [3.63, 3.8) is 0 Å². The Balaban J connectivity index is 1.35. The Morgan fingerprint density at radius 1 is 0.516 bits per heavy atom. The summed E-state index contributed by atoms with van der Waals surface area (Å²) in [6.45, 7) is 41.9. The highest BCUT2D eigenvalue weighted by Gasteiger charge is 2.52. The highest BCUT2D eigenvalue weighted by molar-refractivity contribution is 7.29. The van der Waals surface area contributed by atoms with E-state index in [1.165, 1.54) is 122 Å². The molecule has 0 unspecified atom stereocenters. The molecule has 0 N–H and O–H groups in total. The highest BCUT2D eigenvalue weighted by Crippen LogP contribution is 2.58. The summed E-state index contributed by atoms with van der Waals surface area (Å²) in [6, 6.07) is 25.5. The van der Waals surface area contributed by atoms with Crippen LogP contribution in [-0.4, -0.2) is 6.71 Å². The van der Waals surface area contributed by atoms with E-state index in [9.17, 15) is 0 Å². The average molecular weight is 841 g/mol. The van der Waals surface area contributed by atoms with Gasteiger partial charge in [0.15, 0.2) is 0 Å². The van der Waals surface area contributed by atoms with Crippen LogP contribution in [0.25, 0.3) is 0 Å². The summed E-state index contributed by atoms with van der Waals surface area (Å²) in [4.78, 5) is 7.10. The summed E-state index contributed by atoms with van der Waals surface area (Å²) in [7, 11) is 0. The van der Waals surface area contributed by atoms with Crippen molar-refractivity contribution in [2.75, 3.05) is 9.80 Å². The molecule has 4 aromatic carbocycles. The zero-order chi connectivity index (χ0) is 44.6. The maximum atomic E-state index is 2.77. The van der Waals surface area contributed by atoms with Gasteiger partial charge in [-0.1, -0.05) is 128 Å². The number of rotatable bonds is 2. The summed E-state index contributed by atoms with van der Waals surface area (Å²) in [5, 5.41) is 0. The van der Waals surface area contributed by atoms with Crippen LogP contribution in [-0.2, 0) is 37.9 Å². The number of nitrogens with zero attached hydrogens (tertiary/aromatic N) is 2. The molecule has 0 spiro atoms. The third-order valence-corrected chi connectivity index (χ3v) is 18.7. The van der Waals surface area contributed by atoms with Crippen LogP contribution in [0.2, 0.25) is 0 Å². The van der Waals surface area contributed by atoms with Crippen LogP contribution in [0.15, 0.2) is 60.7 Å². The lowest BCUT2D eigenvalue weighted by Gasteiger charge is -2.48. The molecule has 5 aliphatic rings. The third-order valence-electron chi connectivity index (χ3n) is 17.1. The lowest BCUT2D eigenvalue weighted by molar-refractivity contribution is 0.332. The first-order valence-electron chi connectivity index (χ1n) is 24.0. The Kier molecular flexibility index (Phi) is 8.82. The second-order valence-corrected chi connectivity index (χ2v) is 26.6. The fraction of sp³-hybridized carbons (Fsp3) is 0.517. The molecule has 2 nitrogen and oxygen atoms in total. The molecular weight excluding hydrogens is 768 g/mol. The van der Waals surface area contributed by atoms with Crippen molar-refractivity contribution in [2.24, 2.45) is 0 Å². The Labute approximate surface area is 380 Å². The molecule has 5 aromatic rings. The quantitative estimate of drug-likeness (QED) is 0.160. The molecule has 3 aliphatic carbocycles. The Hall–Kier alpha value is -3.76. The molecule has 0 amide bonds. The van der Waals surface area contributed by atoms with E-state index < -0.39 is 0 Å². The molecule has 62 heavy (non-hydrogen) atoms. The SMILES string of the molecule is Cc1cc2c3c(c1)N(c1ccc(C(C)(C)C)cc1C)c1c(sc4c1C(C)(C)CCC4(C)C)B3c1cc3c(cc1N2c1ccc2c(c1)C(C)(C)CCC2(C)C)C(C)(C)CCC3(C)C. The molecule has 1 aromatic heterocycles. The topological polar surface area (TPSA) is 6.48 Å². The number of aryl methyl sites for hydroxylation is 2. The van der Waals surface area contributed by atoms with Crippen molar-refractivity contribution in [3.8, 4) is 0 Å². The van der Waals surface area contributed by atoms with E-state index in [4.69, 9.17) is 0 Å². The van der Waals surface area contributed by atoms with Crippen LogP contribution in [0, 0.1) is 13.8 Å². The van der Waals surface area contributed by atoms with E-state index in [1.54, 1.807) is 16.0 Å². The summed E-state index contributed by atoms with van der Waals surface area (Å²) in [6.07, 6.45) is 7.22. The van der Waals surface area contributed by atoms with E-state index in [1.807, 2.05) is 0 Å². The number of fused-ring (bicyclic) bond motifs is 8. The van der Waals surface area contributed by atoms with Gasteiger partial charge < -0.3 is 9.80 Å². The second-order valence-electron chi connectivity index (χ2n) is 25.6. The van der Waals surface area contributed by atoms with Crippen molar-refractivity contribution in [1.82, 2.24) is 0 Å². The first-order chi connectivity index (χ1) is 28.6. The summed E-state index contributed by atoms with van der Waals surface area (Å²) in [5.41, 5.74) is 23.5. The molecule has 0 saturated heterocycles. The Bertz CT molecular complexity index is 2730. The van der Waals surface area contributed by atoms with Gasteiger partial charge in [-0.15, -0.1) is 0 Å². The summed E-state index contributed by atoms with van der Waals surface area (Å²) < 4.78 is 1.54. The molecular formula is C58H73BN2S. The van der Waals surface area contributed by atoms with Crippen molar-refractivity contribution in [3.05, 3.63) is 110 Å². The molecule has 2 aliphatic heterocycles. The molecule has 0 fully saturated rings. The monoisotopic (exact) mass is 841 g/mol. The summed E-state index contributed by atoms with van der Waals surface area (Å²) in [5.74, 6) is 0. The van der Waals surface area contributed by atoms with Crippen LogP contribution in [0.4, 0.5) is 34.1 Å². The van der Waals surface area contributed by atoms with Gasteiger partial charge in [-0.05, 0) is 182 Å². The van der Waals surface area contributed by atoms with Crippen molar-refractivity contribution in [2.45, 2.75) is 194 Å². The van der Waals surface area contributed by atoms with Gasteiger partial charge in [0, 0.05) is 38.1 Å². The van der Waals surface area contributed by atoms with E-state index in [-0.39, 0.29) is 44.6 Å². The molecule has 0 radical (unpaired) electrons. The van der Waals surface area contributed by atoms with Gasteiger partial charge in [-0.3, -0.25) is 0 Å². The highest BCUT2D eigenvalue weighted by atomic mass is 32.1. The predicted octanol–water partition coefficient (Wildman–Crippen LogP) is 14.8. The lowest BCUT2D eigenvalue weighted by Crippen LogP contribution is -2.61. The Morgan fingerprint density at radius 2 is 1.05 bits per heavy atom. The maximum Gasteiger partial charge on any atom is 0.264 e. The minimum Gasteiger partial charge on any atom is -0.311 e. The minimum absolute atomic E-state index is 0.0473. The normalized spacial score (nSPS) is 21.6. The molecule has 0 saturated carbocycles. The zero-order valence-electron chi connectivity index (χ0n) is 41.4. The number of anilines is 6. The van der Waals surface area contributed by atoms with Gasteiger partial charge in [-0.2, -0.15) is 11.3 Å². The summed E-state index contributed by atoms with van der Waals surface area (Å²) >= 11 is 2.16. The molecule has 3 heterocycles. The van der Waals surface area contributed by atoms with Crippen molar-refractivity contribution in [1.29, 1.82) is 0 Å². The molecule has 10 rings (SSSR count). The van der Waals surface area contributed by atoms with Crippen molar-refractivity contribution >= 4 is 67.9 Å². The van der Waals surface area contributed by atoms with E-state index in [2.05, 4.69) is 200 Å². The van der Waals surface area contributed by atoms with E-state index in [0.29, 0.717) is 0 Å². The first kappa shape index (κ1) is 42.2. The van der Waals surface area contributed by atoms with Crippen LogP contribution < -0.4 is 25.5 Å². The minimum atomic E-state index is 0.0473. The molecule has 324 valence electrons. The lowest BCUT2D eigenvalue weighted by atomic mass is 9.35. The Morgan fingerprint density at radius 3 is 1.65 bits per heavy atom. The van der Waals surface area contributed by atoms with Gasteiger partial charge in [-0.25, -0.2) is 0 Å². The third kappa shape index (κ3) is 5.99. The van der Waals surface area contributed by atoms with Gasteiger partial charge in [0.1, 0.15) is 0 Å². The van der Waals surface area contributed by atoms with Gasteiger partial charge >= 0.3 is 0 Å². The first-order valence-corrected chi connectivity index (χ1v) is 24.8. The second kappa shape index (κ2) is 13.0. The zero-order valence-corrected chi connectivity index (χ0v) is 42.2. The van der Waals surface area contributed by atoms with Gasteiger partial charge in [0.25, 0.3) is 6.71 Å². The number of benzene rings is 4. The van der Waals surface area contributed by atoms with Gasteiger partial charge in [0.2, 0.25) is 0 Å². The van der Waals surface area contributed by atoms with Crippen LogP contribution >= 0.6 is 11.3 Å². The molecule has 0 bridgehead atoms. The van der Waals surface area contributed by atoms with Crippen LogP contribution in [0.5, 0.6) is 0 Å². The molecule has 4 heteroatoms. The van der Waals surface area contributed by atoms with E-state index >= 15 is 0 Å². The van der Waals surface area contributed by atoms with Crippen LogP contribution in [0.1, 0.15) is 192 Å². The van der Waals surface area contributed by atoms with Crippen LogP contribution in [0.3, 0.4) is 0 Å². The van der Waals surface area contributed by atoms with Crippen molar-refractivity contribution < 1.29 is 0 Å². The maximum absolute atomic E-state index is 2.77.